The predicted octanol–water partition coefficient (Wildman–Crippen LogP) is 2.09. The number of fused-ring (bicyclic) bond motifs is 1. The summed E-state index contributed by atoms with van der Waals surface area (Å²) in [5, 5.41) is 0.950. The molecule has 4 nitrogen and oxygen atoms in total. The van der Waals surface area contributed by atoms with E-state index in [9.17, 15) is 4.79 Å². The van der Waals surface area contributed by atoms with E-state index < -0.39 is 0 Å². The molecular formula is C14H16N2O2S2. The lowest BCUT2D eigenvalue weighted by molar-refractivity contribution is -0.127. The second kappa shape index (κ2) is 5.26. The highest BCUT2D eigenvalue weighted by Crippen LogP contribution is 2.35. The van der Waals surface area contributed by atoms with Crippen molar-refractivity contribution in [3.8, 4) is 5.75 Å². The highest BCUT2D eigenvalue weighted by Gasteiger charge is 2.48. The van der Waals surface area contributed by atoms with Gasteiger partial charge in [-0.15, -0.1) is 11.8 Å². The summed E-state index contributed by atoms with van der Waals surface area (Å²) in [6, 6.07) is 7.67. The van der Waals surface area contributed by atoms with Crippen LogP contribution in [0.2, 0.25) is 0 Å². The van der Waals surface area contributed by atoms with Crippen molar-refractivity contribution in [3.05, 3.63) is 29.8 Å². The van der Waals surface area contributed by atoms with Gasteiger partial charge in [-0.05, 0) is 36.8 Å². The van der Waals surface area contributed by atoms with Gasteiger partial charge in [-0.25, -0.2) is 0 Å². The summed E-state index contributed by atoms with van der Waals surface area (Å²) in [6.45, 7) is 2.63. The van der Waals surface area contributed by atoms with E-state index in [-0.39, 0.29) is 17.3 Å². The zero-order chi connectivity index (χ0) is 14.3. The van der Waals surface area contributed by atoms with Crippen molar-refractivity contribution < 1.29 is 9.53 Å². The van der Waals surface area contributed by atoms with Crippen molar-refractivity contribution in [1.29, 1.82) is 0 Å². The van der Waals surface area contributed by atoms with Gasteiger partial charge in [0.05, 0.1) is 19.0 Å². The van der Waals surface area contributed by atoms with Crippen LogP contribution >= 0.6 is 24.0 Å². The van der Waals surface area contributed by atoms with E-state index in [1.54, 1.807) is 23.8 Å². The van der Waals surface area contributed by atoms with E-state index in [0.717, 1.165) is 17.1 Å². The van der Waals surface area contributed by atoms with Crippen LogP contribution in [0, 0.1) is 0 Å². The van der Waals surface area contributed by atoms with Gasteiger partial charge in [-0.3, -0.25) is 9.69 Å². The molecule has 0 radical (unpaired) electrons. The molecule has 2 aliphatic heterocycles. The number of nitrogens with zero attached hydrogens (tertiary/aromatic N) is 2. The smallest absolute Gasteiger partial charge is 0.252 e. The van der Waals surface area contributed by atoms with Gasteiger partial charge in [0.25, 0.3) is 5.91 Å². The monoisotopic (exact) mass is 308 g/mol. The number of thioether (sulfide) groups is 1. The molecule has 0 spiro atoms. The summed E-state index contributed by atoms with van der Waals surface area (Å²) in [5.41, 5.74) is 1.06. The fraction of sp³-hybridized carbons (Fsp3) is 0.429. The van der Waals surface area contributed by atoms with E-state index in [1.807, 2.05) is 24.3 Å². The average Bonchev–Trinajstić information content (AvgIpc) is 2.95. The number of hydrogen-bond acceptors (Lipinski definition) is 4. The molecule has 106 valence electrons. The molecule has 3 rings (SSSR count). The molecule has 0 bridgehead atoms. The Morgan fingerprint density at radius 3 is 2.70 bits per heavy atom. The molecule has 1 unspecified atom stereocenters. The molecule has 20 heavy (non-hydrogen) atoms. The maximum absolute atomic E-state index is 12.4. The third kappa shape index (κ3) is 2.16. The Bertz CT molecular complexity index is 547. The number of rotatable bonds is 3. The first-order chi connectivity index (χ1) is 9.61. The van der Waals surface area contributed by atoms with Crippen molar-refractivity contribution in [3.63, 3.8) is 0 Å². The Kier molecular flexibility index (Phi) is 3.60. The molecule has 1 aromatic carbocycles. The Morgan fingerprint density at radius 1 is 1.40 bits per heavy atom. The number of thiocarbonyl (C=S) groups is 1. The van der Waals surface area contributed by atoms with Gasteiger partial charge in [0, 0.05) is 5.75 Å². The number of methoxy groups -OCH3 is 1. The second-order valence-electron chi connectivity index (χ2n) is 4.91. The minimum absolute atomic E-state index is 0.0688. The van der Waals surface area contributed by atoms with Crippen LogP contribution < -0.4 is 4.74 Å². The first-order valence-electron chi connectivity index (χ1n) is 6.50. The number of carbonyl (C=O) groups excluding carboxylic acids is 1. The zero-order valence-corrected chi connectivity index (χ0v) is 13.0. The molecule has 1 amide bonds. The van der Waals surface area contributed by atoms with Gasteiger partial charge in [-0.2, -0.15) is 0 Å². The van der Waals surface area contributed by atoms with Gasteiger partial charge in [0.15, 0.2) is 5.11 Å². The van der Waals surface area contributed by atoms with E-state index >= 15 is 0 Å². The molecular weight excluding hydrogens is 292 g/mol. The molecule has 1 aromatic rings. The SMILES string of the molecule is COc1ccc(CN2C(=O)[C@@H]3CSC(C)N3C2=S)cc1. The molecule has 6 heteroatoms. The van der Waals surface area contributed by atoms with Crippen molar-refractivity contribution in [1.82, 2.24) is 9.80 Å². The Hall–Kier alpha value is -1.27. The van der Waals surface area contributed by atoms with Gasteiger partial charge in [0.1, 0.15) is 11.8 Å². The first kappa shape index (κ1) is 13.7. The maximum Gasteiger partial charge on any atom is 0.252 e. The quantitative estimate of drug-likeness (QED) is 0.799. The number of ether oxygens (including phenoxy) is 1. The molecule has 0 N–H and O–H groups in total. The Morgan fingerprint density at radius 2 is 2.10 bits per heavy atom. The van der Waals surface area contributed by atoms with Crippen LogP contribution in [-0.2, 0) is 11.3 Å². The summed E-state index contributed by atoms with van der Waals surface area (Å²) < 4.78 is 5.14. The lowest BCUT2D eigenvalue weighted by Crippen LogP contribution is -2.35. The lowest BCUT2D eigenvalue weighted by Gasteiger charge is -2.22. The van der Waals surface area contributed by atoms with Crippen molar-refractivity contribution in [2.24, 2.45) is 0 Å². The minimum atomic E-state index is -0.0688. The van der Waals surface area contributed by atoms with Crippen LogP contribution in [0.1, 0.15) is 12.5 Å². The number of benzene rings is 1. The third-order valence-corrected chi connectivity index (χ3v) is 5.37. The second-order valence-corrected chi connectivity index (χ2v) is 6.62. The standard InChI is InChI=1S/C14H16N2O2S2/c1-9-16-12(8-20-9)13(17)15(14(16)19)7-10-3-5-11(18-2)6-4-10/h3-6,9,12H,7-8H2,1-2H3/t9?,12-/m0/s1. The maximum atomic E-state index is 12.4. The average molecular weight is 308 g/mol. The molecule has 2 atom stereocenters. The van der Waals surface area contributed by atoms with Crippen molar-refractivity contribution in [2.75, 3.05) is 12.9 Å². The van der Waals surface area contributed by atoms with E-state index in [1.165, 1.54) is 0 Å². The largest absolute Gasteiger partial charge is 0.497 e. The molecule has 2 saturated heterocycles. The summed E-state index contributed by atoms with van der Waals surface area (Å²) in [6.07, 6.45) is 0. The Labute approximate surface area is 128 Å². The summed E-state index contributed by atoms with van der Waals surface area (Å²) in [4.78, 5) is 16.2. The molecule has 2 fully saturated rings. The fourth-order valence-electron chi connectivity index (χ4n) is 2.60. The van der Waals surface area contributed by atoms with Gasteiger partial charge < -0.3 is 9.64 Å². The van der Waals surface area contributed by atoms with Gasteiger partial charge in [-0.1, -0.05) is 12.1 Å². The number of amides is 1. The van der Waals surface area contributed by atoms with Gasteiger partial charge in [0.2, 0.25) is 0 Å². The molecule has 2 heterocycles. The van der Waals surface area contributed by atoms with E-state index in [4.69, 9.17) is 17.0 Å². The molecule has 0 aliphatic carbocycles. The van der Waals surface area contributed by atoms with Crippen LogP contribution in [0.5, 0.6) is 5.75 Å². The van der Waals surface area contributed by atoms with Crippen LogP contribution in [0.4, 0.5) is 0 Å². The van der Waals surface area contributed by atoms with Crippen LogP contribution in [-0.4, -0.2) is 45.1 Å². The van der Waals surface area contributed by atoms with Crippen LogP contribution in [0.15, 0.2) is 24.3 Å². The molecule has 0 saturated carbocycles. The zero-order valence-electron chi connectivity index (χ0n) is 11.4. The lowest BCUT2D eigenvalue weighted by atomic mass is 10.2. The predicted molar refractivity (Wildman–Crippen MR) is 83.7 cm³/mol. The molecule has 0 aromatic heterocycles. The van der Waals surface area contributed by atoms with E-state index in [2.05, 4.69) is 11.8 Å². The number of carbonyl (C=O) groups is 1. The van der Waals surface area contributed by atoms with Crippen LogP contribution in [0.3, 0.4) is 0 Å². The number of hydrogen-bond donors (Lipinski definition) is 0. The van der Waals surface area contributed by atoms with Gasteiger partial charge >= 0.3 is 0 Å². The topological polar surface area (TPSA) is 32.8 Å². The van der Waals surface area contributed by atoms with Crippen molar-refractivity contribution >= 4 is 35.0 Å². The summed E-state index contributed by atoms with van der Waals surface area (Å²) in [7, 11) is 1.64. The van der Waals surface area contributed by atoms with Crippen LogP contribution in [0.25, 0.3) is 0 Å². The normalized spacial score (nSPS) is 25.3. The Balaban J connectivity index is 1.77. The highest BCUT2D eigenvalue weighted by atomic mass is 32.2. The highest BCUT2D eigenvalue weighted by molar-refractivity contribution is 8.00. The third-order valence-electron chi connectivity index (χ3n) is 3.73. The summed E-state index contributed by atoms with van der Waals surface area (Å²) in [5.74, 6) is 1.77. The summed E-state index contributed by atoms with van der Waals surface area (Å²) >= 11 is 7.26. The minimum Gasteiger partial charge on any atom is -0.497 e. The van der Waals surface area contributed by atoms with Crippen molar-refractivity contribution in [2.45, 2.75) is 24.9 Å². The molecule has 2 aliphatic rings. The first-order valence-corrected chi connectivity index (χ1v) is 7.95. The van der Waals surface area contributed by atoms with E-state index in [0.29, 0.717) is 11.7 Å². The fourth-order valence-corrected chi connectivity index (χ4v) is 4.27.